The molecule has 7 heteroatoms. The van der Waals surface area contributed by atoms with E-state index in [1.54, 1.807) is 6.92 Å². The van der Waals surface area contributed by atoms with Gasteiger partial charge in [-0.1, -0.05) is 49.4 Å². The second-order valence-electron chi connectivity index (χ2n) is 7.11. The van der Waals surface area contributed by atoms with Gasteiger partial charge >= 0.3 is 0 Å². The molecule has 6 nitrogen and oxygen atoms in total. The van der Waals surface area contributed by atoms with E-state index in [9.17, 15) is 13.2 Å². The van der Waals surface area contributed by atoms with Crippen LogP contribution in [-0.2, 0) is 21.2 Å². The molecule has 3 aromatic rings. The molecule has 0 aliphatic rings. The molecule has 0 aliphatic carbocycles. The Bertz CT molecular complexity index is 1100. The van der Waals surface area contributed by atoms with Gasteiger partial charge in [-0.3, -0.25) is 4.79 Å². The number of sulfonamides is 1. The topological polar surface area (TPSA) is 84.5 Å². The Morgan fingerprint density at radius 1 is 0.935 bits per heavy atom. The van der Waals surface area contributed by atoms with Gasteiger partial charge in [-0.25, -0.2) is 13.1 Å². The highest BCUT2D eigenvalue weighted by molar-refractivity contribution is 7.89. The van der Waals surface area contributed by atoms with Gasteiger partial charge in [0.05, 0.1) is 4.90 Å². The maximum Gasteiger partial charge on any atom is 0.262 e. The Morgan fingerprint density at radius 2 is 1.58 bits per heavy atom. The molecule has 0 spiro atoms. The molecule has 0 unspecified atom stereocenters. The molecule has 0 saturated carbocycles. The van der Waals surface area contributed by atoms with E-state index in [-0.39, 0.29) is 23.5 Å². The van der Waals surface area contributed by atoms with Crippen LogP contribution in [0.25, 0.3) is 0 Å². The Labute approximate surface area is 183 Å². The van der Waals surface area contributed by atoms with Gasteiger partial charge in [0.15, 0.2) is 6.61 Å². The number of ether oxygens (including phenoxy) is 1. The minimum Gasteiger partial charge on any atom is -0.484 e. The first kappa shape index (κ1) is 22.5. The van der Waals surface area contributed by atoms with E-state index in [1.807, 2.05) is 54.6 Å². The fourth-order valence-corrected chi connectivity index (χ4v) is 4.23. The van der Waals surface area contributed by atoms with E-state index < -0.39 is 10.0 Å². The standard InChI is InChI=1S/C24H26N2O4S/c1-3-19-9-11-21(12-10-19)25-24(27)17-30-22-13-15-23(16-14-22)31(28,29)26-18(2)20-7-5-4-6-8-20/h4-16,18,26H,3,17H2,1-2H3,(H,25,27)/t18-/m0/s1. The van der Waals surface area contributed by atoms with E-state index in [2.05, 4.69) is 17.0 Å². The molecular formula is C24H26N2O4S. The van der Waals surface area contributed by atoms with Crippen LogP contribution in [0.5, 0.6) is 5.75 Å². The first-order valence-electron chi connectivity index (χ1n) is 10.1. The molecule has 0 radical (unpaired) electrons. The summed E-state index contributed by atoms with van der Waals surface area (Å²) in [6.45, 7) is 3.68. The number of anilines is 1. The van der Waals surface area contributed by atoms with Crippen molar-refractivity contribution < 1.29 is 17.9 Å². The van der Waals surface area contributed by atoms with Crippen LogP contribution in [-0.4, -0.2) is 20.9 Å². The average molecular weight is 439 g/mol. The zero-order valence-corrected chi connectivity index (χ0v) is 18.4. The molecular weight excluding hydrogens is 412 g/mol. The van der Waals surface area contributed by atoms with Crippen LogP contribution in [0.15, 0.2) is 83.8 Å². The predicted molar refractivity (Wildman–Crippen MR) is 122 cm³/mol. The summed E-state index contributed by atoms with van der Waals surface area (Å²) in [5.41, 5.74) is 2.77. The molecule has 0 aliphatic heterocycles. The largest absolute Gasteiger partial charge is 0.484 e. The minimum atomic E-state index is -3.69. The minimum absolute atomic E-state index is 0.128. The fourth-order valence-electron chi connectivity index (χ4n) is 3.00. The lowest BCUT2D eigenvalue weighted by Gasteiger charge is -2.15. The lowest BCUT2D eigenvalue weighted by molar-refractivity contribution is -0.118. The number of amides is 1. The highest BCUT2D eigenvalue weighted by Crippen LogP contribution is 2.19. The predicted octanol–water partition coefficient (Wildman–Crippen LogP) is 4.31. The number of hydrogen-bond acceptors (Lipinski definition) is 4. The maximum atomic E-state index is 12.6. The molecule has 3 aromatic carbocycles. The van der Waals surface area contributed by atoms with Crippen molar-refractivity contribution in [3.05, 3.63) is 90.0 Å². The highest BCUT2D eigenvalue weighted by Gasteiger charge is 2.18. The van der Waals surface area contributed by atoms with Gasteiger partial charge < -0.3 is 10.1 Å². The lowest BCUT2D eigenvalue weighted by atomic mass is 10.1. The Kier molecular flexibility index (Phi) is 7.44. The lowest BCUT2D eigenvalue weighted by Crippen LogP contribution is -2.26. The molecule has 0 saturated heterocycles. The summed E-state index contributed by atoms with van der Waals surface area (Å²) in [4.78, 5) is 12.2. The normalized spacial score (nSPS) is 12.2. The number of aryl methyl sites for hydroxylation is 1. The first-order chi connectivity index (χ1) is 14.9. The van der Waals surface area contributed by atoms with Crippen LogP contribution in [0.4, 0.5) is 5.69 Å². The van der Waals surface area contributed by atoms with Crippen molar-refractivity contribution in [1.82, 2.24) is 4.72 Å². The van der Waals surface area contributed by atoms with Gasteiger partial charge in [-0.15, -0.1) is 0 Å². The summed E-state index contributed by atoms with van der Waals surface area (Å²) in [6, 6.07) is 22.6. The Balaban J connectivity index is 1.54. The molecule has 2 N–H and O–H groups in total. The molecule has 3 rings (SSSR count). The first-order valence-corrected chi connectivity index (χ1v) is 11.5. The van der Waals surface area contributed by atoms with Crippen LogP contribution in [0.2, 0.25) is 0 Å². The summed E-state index contributed by atoms with van der Waals surface area (Å²) < 4.78 is 33.4. The van der Waals surface area contributed by atoms with E-state index in [0.717, 1.165) is 12.0 Å². The van der Waals surface area contributed by atoms with E-state index in [1.165, 1.54) is 29.8 Å². The van der Waals surface area contributed by atoms with Gasteiger partial charge in [0.2, 0.25) is 10.0 Å². The van der Waals surface area contributed by atoms with Crippen molar-refractivity contribution in [2.24, 2.45) is 0 Å². The van der Waals surface area contributed by atoms with Crippen molar-refractivity contribution in [1.29, 1.82) is 0 Å². The second-order valence-corrected chi connectivity index (χ2v) is 8.83. The average Bonchev–Trinajstić information content (AvgIpc) is 2.79. The third kappa shape index (κ3) is 6.41. The fraction of sp³-hybridized carbons (Fsp3) is 0.208. The summed E-state index contributed by atoms with van der Waals surface area (Å²) in [6.07, 6.45) is 0.934. The van der Waals surface area contributed by atoms with Crippen LogP contribution >= 0.6 is 0 Å². The summed E-state index contributed by atoms with van der Waals surface area (Å²) >= 11 is 0. The molecule has 0 fully saturated rings. The Morgan fingerprint density at radius 3 is 2.19 bits per heavy atom. The molecule has 162 valence electrons. The number of rotatable bonds is 9. The molecule has 1 atom stereocenters. The zero-order chi connectivity index (χ0) is 22.3. The zero-order valence-electron chi connectivity index (χ0n) is 17.5. The van der Waals surface area contributed by atoms with Crippen LogP contribution in [0.1, 0.15) is 31.0 Å². The quantitative estimate of drug-likeness (QED) is 0.522. The van der Waals surface area contributed by atoms with Crippen molar-refractivity contribution >= 4 is 21.6 Å². The smallest absolute Gasteiger partial charge is 0.262 e. The number of hydrogen-bond donors (Lipinski definition) is 2. The van der Waals surface area contributed by atoms with E-state index in [0.29, 0.717) is 11.4 Å². The van der Waals surface area contributed by atoms with Crippen molar-refractivity contribution in [3.8, 4) is 5.75 Å². The Hall–Kier alpha value is -3.16. The molecule has 0 bridgehead atoms. The highest BCUT2D eigenvalue weighted by atomic mass is 32.2. The van der Waals surface area contributed by atoms with E-state index >= 15 is 0 Å². The van der Waals surface area contributed by atoms with Crippen LogP contribution in [0, 0.1) is 0 Å². The van der Waals surface area contributed by atoms with Gasteiger partial charge in [0, 0.05) is 11.7 Å². The molecule has 1 amide bonds. The van der Waals surface area contributed by atoms with Crippen molar-refractivity contribution in [2.75, 3.05) is 11.9 Å². The van der Waals surface area contributed by atoms with E-state index in [4.69, 9.17) is 4.74 Å². The third-order valence-corrected chi connectivity index (χ3v) is 6.34. The maximum absolute atomic E-state index is 12.6. The number of nitrogens with one attached hydrogen (secondary N) is 2. The molecule has 31 heavy (non-hydrogen) atoms. The molecule has 0 aromatic heterocycles. The van der Waals surface area contributed by atoms with Gasteiger partial charge in [-0.2, -0.15) is 0 Å². The van der Waals surface area contributed by atoms with Crippen molar-refractivity contribution in [3.63, 3.8) is 0 Å². The summed E-state index contributed by atoms with van der Waals surface area (Å²) in [5.74, 6) is 0.117. The van der Waals surface area contributed by atoms with Crippen LogP contribution in [0.3, 0.4) is 0 Å². The third-order valence-electron chi connectivity index (χ3n) is 4.78. The summed E-state index contributed by atoms with van der Waals surface area (Å²) in [7, 11) is -3.69. The van der Waals surface area contributed by atoms with Gasteiger partial charge in [0.25, 0.3) is 5.91 Å². The SMILES string of the molecule is CCc1ccc(NC(=O)COc2ccc(S(=O)(=O)N[C@@H](C)c3ccccc3)cc2)cc1. The van der Waals surface area contributed by atoms with Crippen molar-refractivity contribution in [2.45, 2.75) is 31.2 Å². The van der Waals surface area contributed by atoms with Crippen LogP contribution < -0.4 is 14.8 Å². The monoisotopic (exact) mass is 438 g/mol. The summed E-state index contributed by atoms with van der Waals surface area (Å²) in [5, 5.41) is 2.77. The molecule has 0 heterocycles. The number of carbonyl (C=O) groups excluding carboxylic acids is 1. The second kappa shape index (κ2) is 10.2. The number of carbonyl (C=O) groups is 1. The van der Waals surface area contributed by atoms with Gasteiger partial charge in [-0.05, 0) is 60.9 Å². The van der Waals surface area contributed by atoms with Gasteiger partial charge in [0.1, 0.15) is 5.75 Å². The number of benzene rings is 3.